The number of halogens is 1. The standard InChI is InChI=1S/C21H20FN3O4/c1-13-19-16(21(27)28-12-18(26)25-9-3-2-4-10-25)11-17(23-20(19)29-24-13)14-5-7-15(22)8-6-14/h5-8,11H,2-4,9-10,12H2,1H3. The molecule has 0 aliphatic carbocycles. The summed E-state index contributed by atoms with van der Waals surface area (Å²) in [5, 5.41) is 4.31. The Balaban J connectivity index is 1.61. The molecule has 1 amide bonds. The lowest BCUT2D eigenvalue weighted by molar-refractivity contribution is -0.135. The molecule has 0 N–H and O–H groups in total. The van der Waals surface area contributed by atoms with Crippen molar-refractivity contribution in [3.8, 4) is 11.3 Å². The number of likely N-dealkylation sites (tertiary alicyclic amines) is 1. The predicted octanol–water partition coefficient (Wildman–Crippen LogP) is 3.51. The van der Waals surface area contributed by atoms with E-state index in [1.165, 1.54) is 12.1 Å². The SMILES string of the molecule is Cc1noc2nc(-c3ccc(F)cc3)cc(C(=O)OCC(=O)N3CCCCC3)c12. The van der Waals surface area contributed by atoms with E-state index in [1.807, 2.05) is 0 Å². The van der Waals surface area contributed by atoms with Crippen LogP contribution in [-0.4, -0.2) is 46.6 Å². The van der Waals surface area contributed by atoms with Crippen LogP contribution in [0.15, 0.2) is 34.9 Å². The van der Waals surface area contributed by atoms with Gasteiger partial charge in [-0.25, -0.2) is 14.2 Å². The zero-order valence-electron chi connectivity index (χ0n) is 16.0. The molecule has 1 aliphatic rings. The molecule has 3 heterocycles. The lowest BCUT2D eigenvalue weighted by Gasteiger charge is -2.26. The van der Waals surface area contributed by atoms with Crippen molar-refractivity contribution in [3.05, 3.63) is 47.4 Å². The molecule has 0 atom stereocenters. The van der Waals surface area contributed by atoms with Crippen molar-refractivity contribution in [2.24, 2.45) is 0 Å². The van der Waals surface area contributed by atoms with E-state index in [9.17, 15) is 14.0 Å². The second kappa shape index (κ2) is 7.98. The summed E-state index contributed by atoms with van der Waals surface area (Å²) in [5.41, 5.74) is 1.91. The van der Waals surface area contributed by atoms with Crippen LogP contribution < -0.4 is 0 Å². The molecule has 0 radical (unpaired) electrons. The molecule has 7 nitrogen and oxygen atoms in total. The number of rotatable bonds is 4. The molecule has 150 valence electrons. The molecule has 1 saturated heterocycles. The van der Waals surface area contributed by atoms with E-state index in [4.69, 9.17) is 9.26 Å². The number of fused-ring (bicyclic) bond motifs is 1. The Morgan fingerprint density at radius 2 is 1.90 bits per heavy atom. The van der Waals surface area contributed by atoms with Crippen LogP contribution in [0.1, 0.15) is 35.3 Å². The van der Waals surface area contributed by atoms with Gasteiger partial charge in [0, 0.05) is 18.7 Å². The quantitative estimate of drug-likeness (QED) is 0.627. The highest BCUT2D eigenvalue weighted by atomic mass is 19.1. The van der Waals surface area contributed by atoms with Crippen molar-refractivity contribution in [3.63, 3.8) is 0 Å². The lowest BCUT2D eigenvalue weighted by atomic mass is 10.1. The Morgan fingerprint density at radius 1 is 1.17 bits per heavy atom. The molecule has 0 bridgehead atoms. The third kappa shape index (κ3) is 3.96. The molecule has 3 aromatic rings. The largest absolute Gasteiger partial charge is 0.452 e. The average Bonchev–Trinajstić information content (AvgIpc) is 3.13. The van der Waals surface area contributed by atoms with Crippen LogP contribution in [-0.2, 0) is 9.53 Å². The third-order valence-electron chi connectivity index (χ3n) is 5.01. The number of benzene rings is 1. The number of nitrogens with zero attached hydrogens (tertiary/aromatic N) is 3. The number of hydrogen-bond acceptors (Lipinski definition) is 6. The highest BCUT2D eigenvalue weighted by Crippen LogP contribution is 2.27. The molecule has 8 heteroatoms. The Hall–Kier alpha value is -3.29. The molecule has 0 unspecified atom stereocenters. The fourth-order valence-corrected chi connectivity index (χ4v) is 3.46. The summed E-state index contributed by atoms with van der Waals surface area (Å²) in [4.78, 5) is 31.2. The van der Waals surface area contributed by atoms with Crippen LogP contribution in [0.4, 0.5) is 4.39 Å². The maximum absolute atomic E-state index is 13.2. The zero-order valence-corrected chi connectivity index (χ0v) is 16.0. The Morgan fingerprint density at radius 3 is 2.62 bits per heavy atom. The average molecular weight is 397 g/mol. The van der Waals surface area contributed by atoms with Crippen molar-refractivity contribution in [1.29, 1.82) is 0 Å². The summed E-state index contributed by atoms with van der Waals surface area (Å²) >= 11 is 0. The normalized spacial score (nSPS) is 14.2. The molecule has 1 aliphatic heterocycles. The Labute approximate surface area is 166 Å². The summed E-state index contributed by atoms with van der Waals surface area (Å²) in [6.07, 6.45) is 3.04. The van der Waals surface area contributed by atoms with Gasteiger partial charge in [-0.1, -0.05) is 5.16 Å². The number of ether oxygens (including phenoxy) is 1. The van der Waals surface area contributed by atoms with Crippen molar-refractivity contribution >= 4 is 23.0 Å². The van der Waals surface area contributed by atoms with Crippen molar-refractivity contribution < 1.29 is 23.2 Å². The topological polar surface area (TPSA) is 85.5 Å². The Kier molecular flexibility index (Phi) is 5.24. The number of pyridine rings is 1. The van der Waals surface area contributed by atoms with E-state index in [0.717, 1.165) is 19.3 Å². The van der Waals surface area contributed by atoms with Gasteiger partial charge in [0.15, 0.2) is 6.61 Å². The van der Waals surface area contributed by atoms with Gasteiger partial charge in [-0.05, 0) is 56.5 Å². The molecule has 0 saturated carbocycles. The van der Waals surface area contributed by atoms with Gasteiger partial charge in [0.2, 0.25) is 0 Å². The van der Waals surface area contributed by atoms with Crippen molar-refractivity contribution in [2.45, 2.75) is 26.2 Å². The predicted molar refractivity (Wildman–Crippen MR) is 103 cm³/mol. The second-order valence-corrected chi connectivity index (χ2v) is 7.03. The van der Waals surface area contributed by atoms with E-state index >= 15 is 0 Å². The van der Waals surface area contributed by atoms with E-state index in [2.05, 4.69) is 10.1 Å². The van der Waals surface area contributed by atoms with Crippen LogP contribution >= 0.6 is 0 Å². The maximum Gasteiger partial charge on any atom is 0.339 e. The first-order valence-corrected chi connectivity index (χ1v) is 9.51. The molecular formula is C21H20FN3O4. The van der Waals surface area contributed by atoms with Crippen LogP contribution in [0.2, 0.25) is 0 Å². The smallest absolute Gasteiger partial charge is 0.339 e. The van der Waals surface area contributed by atoms with E-state index < -0.39 is 5.97 Å². The first-order chi connectivity index (χ1) is 14.0. The fourth-order valence-electron chi connectivity index (χ4n) is 3.46. The van der Waals surface area contributed by atoms with Crippen molar-refractivity contribution in [2.75, 3.05) is 19.7 Å². The minimum Gasteiger partial charge on any atom is -0.452 e. The van der Waals surface area contributed by atoms with Gasteiger partial charge in [-0.2, -0.15) is 0 Å². The van der Waals surface area contributed by atoms with Gasteiger partial charge in [0.1, 0.15) is 5.82 Å². The number of hydrogen-bond donors (Lipinski definition) is 0. The van der Waals surface area contributed by atoms with Gasteiger partial charge >= 0.3 is 5.97 Å². The van der Waals surface area contributed by atoms with Gasteiger partial charge in [0.05, 0.1) is 22.3 Å². The monoisotopic (exact) mass is 397 g/mol. The van der Waals surface area contributed by atoms with E-state index in [0.29, 0.717) is 35.4 Å². The summed E-state index contributed by atoms with van der Waals surface area (Å²) in [6.45, 7) is 2.75. The molecule has 4 rings (SSSR count). The number of esters is 1. The van der Waals surface area contributed by atoms with Crippen LogP contribution in [0, 0.1) is 12.7 Å². The third-order valence-corrected chi connectivity index (χ3v) is 5.01. The lowest BCUT2D eigenvalue weighted by Crippen LogP contribution is -2.38. The van der Waals surface area contributed by atoms with E-state index in [-0.39, 0.29) is 29.6 Å². The number of amides is 1. The number of aromatic nitrogens is 2. The molecule has 1 aromatic carbocycles. The van der Waals surface area contributed by atoms with Gasteiger partial charge in [0.25, 0.3) is 11.6 Å². The van der Waals surface area contributed by atoms with Gasteiger partial charge in [-0.3, -0.25) is 4.79 Å². The minimum absolute atomic E-state index is 0.179. The minimum atomic E-state index is -0.655. The number of carbonyl (C=O) groups excluding carboxylic acids is 2. The summed E-state index contributed by atoms with van der Waals surface area (Å²) in [7, 11) is 0. The molecule has 0 spiro atoms. The maximum atomic E-state index is 13.2. The zero-order chi connectivity index (χ0) is 20.4. The number of carbonyl (C=O) groups is 2. The first kappa shape index (κ1) is 19.0. The fraction of sp³-hybridized carbons (Fsp3) is 0.333. The number of piperidine rings is 1. The highest BCUT2D eigenvalue weighted by molar-refractivity contribution is 6.04. The molecular weight excluding hydrogens is 377 g/mol. The molecule has 29 heavy (non-hydrogen) atoms. The van der Waals surface area contributed by atoms with Crippen LogP contribution in [0.25, 0.3) is 22.4 Å². The first-order valence-electron chi connectivity index (χ1n) is 9.51. The Bertz CT molecular complexity index is 1060. The van der Waals surface area contributed by atoms with Crippen molar-refractivity contribution in [1.82, 2.24) is 15.0 Å². The number of aryl methyl sites for hydroxylation is 1. The molecule has 2 aromatic heterocycles. The summed E-state index contributed by atoms with van der Waals surface area (Å²) in [5.74, 6) is -1.23. The van der Waals surface area contributed by atoms with Crippen LogP contribution in [0.5, 0.6) is 0 Å². The molecule has 1 fully saturated rings. The van der Waals surface area contributed by atoms with Gasteiger partial charge < -0.3 is 14.2 Å². The highest BCUT2D eigenvalue weighted by Gasteiger charge is 2.23. The van der Waals surface area contributed by atoms with Gasteiger partial charge in [-0.15, -0.1) is 0 Å². The second-order valence-electron chi connectivity index (χ2n) is 7.03. The summed E-state index contributed by atoms with van der Waals surface area (Å²) < 4.78 is 23.8. The van der Waals surface area contributed by atoms with E-state index in [1.54, 1.807) is 30.0 Å². The van der Waals surface area contributed by atoms with Crippen LogP contribution in [0.3, 0.4) is 0 Å². The summed E-state index contributed by atoms with van der Waals surface area (Å²) in [6, 6.07) is 7.28.